The molecule has 1 aliphatic heterocycles. The molecule has 1 fully saturated rings. The van der Waals surface area contributed by atoms with Gasteiger partial charge in [0.05, 0.1) is 12.6 Å². The van der Waals surface area contributed by atoms with Gasteiger partial charge in [-0.25, -0.2) is 0 Å². The summed E-state index contributed by atoms with van der Waals surface area (Å²) in [7, 11) is 3.60. The average Bonchev–Trinajstić information content (AvgIpc) is 2.57. The molecule has 2 amide bonds. The second kappa shape index (κ2) is 8.48. The maximum Gasteiger partial charge on any atom is 0.234 e. The van der Waals surface area contributed by atoms with Crippen molar-refractivity contribution in [1.82, 2.24) is 15.1 Å². The van der Waals surface area contributed by atoms with Crippen molar-refractivity contribution in [3.05, 3.63) is 34.9 Å². The van der Waals surface area contributed by atoms with Crippen LogP contribution >= 0.6 is 0 Å². The third kappa shape index (κ3) is 5.30. The Morgan fingerprint density at radius 2 is 1.84 bits per heavy atom. The van der Waals surface area contributed by atoms with Crippen LogP contribution in [0.5, 0.6) is 0 Å². The standard InChI is InChI=1S/C20H31N3O2/c1-14-6-7-18(12-15(14)2)16(3)21-19(24)13-23-10-8-17(9-11-23)20(25)22(4)5/h6-7,12,16-17H,8-11,13H2,1-5H3,(H,21,24). The van der Waals surface area contributed by atoms with Crippen LogP contribution < -0.4 is 5.32 Å². The summed E-state index contributed by atoms with van der Waals surface area (Å²) in [6.45, 7) is 8.20. The molecule has 1 N–H and O–H groups in total. The van der Waals surface area contributed by atoms with Crippen LogP contribution in [0.25, 0.3) is 0 Å². The van der Waals surface area contributed by atoms with Gasteiger partial charge in [-0.15, -0.1) is 0 Å². The Morgan fingerprint density at radius 3 is 2.40 bits per heavy atom. The van der Waals surface area contributed by atoms with Gasteiger partial charge < -0.3 is 10.2 Å². The van der Waals surface area contributed by atoms with Crippen LogP contribution in [0, 0.1) is 19.8 Å². The highest BCUT2D eigenvalue weighted by Gasteiger charge is 2.27. The first-order chi connectivity index (χ1) is 11.8. The van der Waals surface area contributed by atoms with Gasteiger partial charge in [0.2, 0.25) is 11.8 Å². The fraction of sp³-hybridized carbons (Fsp3) is 0.600. The van der Waals surface area contributed by atoms with Crippen molar-refractivity contribution in [3.63, 3.8) is 0 Å². The van der Waals surface area contributed by atoms with Crippen LogP contribution in [0.3, 0.4) is 0 Å². The number of carbonyl (C=O) groups is 2. The fourth-order valence-corrected chi connectivity index (χ4v) is 3.31. The zero-order valence-electron chi connectivity index (χ0n) is 16.1. The zero-order chi connectivity index (χ0) is 18.6. The molecule has 0 bridgehead atoms. The Labute approximate surface area is 151 Å². The van der Waals surface area contributed by atoms with Crippen molar-refractivity contribution < 1.29 is 9.59 Å². The molecule has 138 valence electrons. The normalized spacial score (nSPS) is 17.2. The number of hydrogen-bond acceptors (Lipinski definition) is 3. The predicted molar refractivity (Wildman–Crippen MR) is 100 cm³/mol. The van der Waals surface area contributed by atoms with Crippen LogP contribution in [0.1, 0.15) is 42.5 Å². The van der Waals surface area contributed by atoms with Crippen LogP contribution in [0.4, 0.5) is 0 Å². The summed E-state index contributed by atoms with van der Waals surface area (Å²) in [4.78, 5) is 28.2. The quantitative estimate of drug-likeness (QED) is 0.891. The molecule has 0 radical (unpaired) electrons. The molecule has 1 heterocycles. The molecule has 1 aromatic rings. The number of aryl methyl sites for hydroxylation is 2. The summed E-state index contributed by atoms with van der Waals surface area (Å²) < 4.78 is 0. The number of nitrogens with zero attached hydrogens (tertiary/aromatic N) is 2. The Balaban J connectivity index is 1.81. The summed E-state index contributed by atoms with van der Waals surface area (Å²) in [5, 5.41) is 3.09. The largest absolute Gasteiger partial charge is 0.349 e. The smallest absolute Gasteiger partial charge is 0.234 e. The molecule has 1 aromatic carbocycles. The van der Waals surface area contributed by atoms with E-state index < -0.39 is 0 Å². The molecule has 5 nitrogen and oxygen atoms in total. The number of likely N-dealkylation sites (tertiary alicyclic amines) is 1. The second-order valence-electron chi connectivity index (χ2n) is 7.42. The van der Waals surface area contributed by atoms with Crippen LogP contribution in [-0.2, 0) is 9.59 Å². The number of benzene rings is 1. The van der Waals surface area contributed by atoms with E-state index in [-0.39, 0.29) is 23.8 Å². The maximum atomic E-state index is 12.3. The number of nitrogens with one attached hydrogen (secondary N) is 1. The first-order valence-corrected chi connectivity index (χ1v) is 9.08. The van der Waals surface area contributed by atoms with Crippen molar-refractivity contribution in [2.24, 2.45) is 5.92 Å². The molecule has 0 saturated carbocycles. The lowest BCUT2D eigenvalue weighted by Gasteiger charge is -2.32. The summed E-state index contributed by atoms with van der Waals surface area (Å²) in [5.41, 5.74) is 3.63. The molecule has 0 spiro atoms. The summed E-state index contributed by atoms with van der Waals surface area (Å²) in [6, 6.07) is 6.31. The van der Waals surface area contributed by atoms with Crippen molar-refractivity contribution in [2.75, 3.05) is 33.7 Å². The van der Waals surface area contributed by atoms with Gasteiger partial charge >= 0.3 is 0 Å². The third-order valence-corrected chi connectivity index (χ3v) is 5.15. The minimum absolute atomic E-state index is 0.000317. The monoisotopic (exact) mass is 345 g/mol. The van der Waals surface area contributed by atoms with Gasteiger partial charge in [0.1, 0.15) is 0 Å². The molecular weight excluding hydrogens is 314 g/mol. The molecule has 25 heavy (non-hydrogen) atoms. The van der Waals surface area contributed by atoms with Gasteiger partial charge in [0, 0.05) is 20.0 Å². The lowest BCUT2D eigenvalue weighted by atomic mass is 9.95. The van der Waals surface area contributed by atoms with Crippen LogP contribution in [0.15, 0.2) is 18.2 Å². The van der Waals surface area contributed by atoms with Crippen molar-refractivity contribution in [1.29, 1.82) is 0 Å². The molecule has 2 rings (SSSR count). The van der Waals surface area contributed by atoms with E-state index in [1.165, 1.54) is 11.1 Å². The van der Waals surface area contributed by atoms with Gasteiger partial charge in [-0.05, 0) is 63.4 Å². The minimum Gasteiger partial charge on any atom is -0.349 e. The first-order valence-electron chi connectivity index (χ1n) is 9.08. The van der Waals surface area contributed by atoms with E-state index in [9.17, 15) is 9.59 Å². The molecule has 0 aromatic heterocycles. The van der Waals surface area contributed by atoms with Crippen LogP contribution in [-0.4, -0.2) is 55.3 Å². The first kappa shape index (κ1) is 19.4. The summed E-state index contributed by atoms with van der Waals surface area (Å²) >= 11 is 0. The van der Waals surface area contributed by atoms with Gasteiger partial charge in [0.15, 0.2) is 0 Å². The Hall–Kier alpha value is -1.88. The fourth-order valence-electron chi connectivity index (χ4n) is 3.31. The Bertz CT molecular complexity index is 619. The Kier molecular flexibility index (Phi) is 6.59. The topological polar surface area (TPSA) is 52.7 Å². The van der Waals surface area contributed by atoms with E-state index in [0.717, 1.165) is 31.5 Å². The lowest BCUT2D eigenvalue weighted by Crippen LogP contribution is -2.44. The molecule has 0 aliphatic carbocycles. The van der Waals surface area contributed by atoms with Crippen LogP contribution in [0.2, 0.25) is 0 Å². The molecule has 1 atom stereocenters. The second-order valence-corrected chi connectivity index (χ2v) is 7.42. The lowest BCUT2D eigenvalue weighted by molar-refractivity contribution is -0.134. The highest BCUT2D eigenvalue weighted by molar-refractivity contribution is 5.79. The van der Waals surface area contributed by atoms with Crippen molar-refractivity contribution in [3.8, 4) is 0 Å². The summed E-state index contributed by atoms with van der Waals surface area (Å²) in [5.74, 6) is 0.347. The SMILES string of the molecule is Cc1ccc(C(C)NC(=O)CN2CCC(C(=O)N(C)C)CC2)cc1C. The molecule has 5 heteroatoms. The van der Waals surface area contributed by atoms with E-state index in [1.54, 1.807) is 19.0 Å². The highest BCUT2D eigenvalue weighted by Crippen LogP contribution is 2.19. The van der Waals surface area contributed by atoms with E-state index in [4.69, 9.17) is 0 Å². The van der Waals surface area contributed by atoms with E-state index in [0.29, 0.717) is 6.54 Å². The maximum absolute atomic E-state index is 12.3. The Morgan fingerprint density at radius 1 is 1.20 bits per heavy atom. The molecule has 1 saturated heterocycles. The van der Waals surface area contributed by atoms with Crippen molar-refractivity contribution in [2.45, 2.75) is 39.7 Å². The van der Waals surface area contributed by atoms with E-state index >= 15 is 0 Å². The number of hydrogen-bond donors (Lipinski definition) is 1. The number of amides is 2. The van der Waals surface area contributed by atoms with Gasteiger partial charge in [0.25, 0.3) is 0 Å². The number of rotatable bonds is 5. The van der Waals surface area contributed by atoms with Gasteiger partial charge in [-0.2, -0.15) is 0 Å². The van der Waals surface area contributed by atoms with Gasteiger partial charge in [-0.1, -0.05) is 18.2 Å². The summed E-state index contributed by atoms with van der Waals surface area (Å²) in [6.07, 6.45) is 1.66. The molecular formula is C20H31N3O2. The minimum atomic E-state index is -0.000317. The van der Waals surface area contributed by atoms with E-state index in [1.807, 2.05) is 6.92 Å². The predicted octanol–water partition coefficient (Wildman–Crippen LogP) is 2.28. The average molecular weight is 345 g/mol. The van der Waals surface area contributed by atoms with E-state index in [2.05, 4.69) is 42.3 Å². The number of carbonyl (C=O) groups excluding carboxylic acids is 2. The van der Waals surface area contributed by atoms with Gasteiger partial charge in [-0.3, -0.25) is 14.5 Å². The molecule has 1 unspecified atom stereocenters. The highest BCUT2D eigenvalue weighted by atomic mass is 16.2. The third-order valence-electron chi connectivity index (χ3n) is 5.15. The van der Waals surface area contributed by atoms with Crippen molar-refractivity contribution >= 4 is 11.8 Å². The number of piperidine rings is 1. The molecule has 1 aliphatic rings. The zero-order valence-corrected chi connectivity index (χ0v) is 16.1.